The fraction of sp³-hybridized carbons (Fsp3) is 1.00. The van der Waals surface area contributed by atoms with Crippen molar-refractivity contribution in [1.29, 1.82) is 0 Å². The quantitative estimate of drug-likeness (QED) is 0.683. The second-order valence-corrected chi connectivity index (χ2v) is 5.55. The van der Waals surface area contributed by atoms with Crippen LogP contribution in [-0.2, 0) is 0 Å². The van der Waals surface area contributed by atoms with E-state index >= 15 is 0 Å². The molecule has 0 unspecified atom stereocenters. The third kappa shape index (κ3) is 3.61. The normalized spacial score (nSPS) is 22.3. The largest absolute Gasteiger partial charge is 0.330 e. The molecule has 0 amide bonds. The van der Waals surface area contributed by atoms with Gasteiger partial charge in [0.15, 0.2) is 0 Å². The minimum absolute atomic E-state index is 0.515. The Hall–Kier alpha value is -0.0400. The van der Waals surface area contributed by atoms with Gasteiger partial charge in [0, 0.05) is 0 Å². The second kappa shape index (κ2) is 5.75. The summed E-state index contributed by atoms with van der Waals surface area (Å²) in [6, 6.07) is 0. The van der Waals surface area contributed by atoms with E-state index in [0.717, 1.165) is 12.5 Å². The first-order valence-electron chi connectivity index (χ1n) is 6.39. The maximum absolute atomic E-state index is 5.99. The molecule has 14 heavy (non-hydrogen) atoms. The Morgan fingerprint density at radius 3 is 2.07 bits per heavy atom. The Bertz CT molecular complexity index is 143. The summed E-state index contributed by atoms with van der Waals surface area (Å²) >= 11 is 0. The zero-order valence-corrected chi connectivity index (χ0v) is 10.0. The molecule has 0 atom stereocenters. The maximum atomic E-state index is 5.99. The Kier molecular flexibility index (Phi) is 4.94. The summed E-state index contributed by atoms with van der Waals surface area (Å²) in [7, 11) is 0. The van der Waals surface area contributed by atoms with Crippen LogP contribution in [0.1, 0.15) is 65.2 Å². The van der Waals surface area contributed by atoms with Crippen LogP contribution in [0, 0.1) is 11.3 Å². The van der Waals surface area contributed by atoms with Crippen LogP contribution in [0.4, 0.5) is 0 Å². The lowest BCUT2D eigenvalue weighted by Gasteiger charge is -2.32. The summed E-state index contributed by atoms with van der Waals surface area (Å²) in [5.74, 6) is 0.835. The van der Waals surface area contributed by atoms with Crippen molar-refractivity contribution in [3.63, 3.8) is 0 Å². The van der Waals surface area contributed by atoms with Gasteiger partial charge in [-0.05, 0) is 37.1 Å². The van der Waals surface area contributed by atoms with E-state index in [1.54, 1.807) is 0 Å². The van der Waals surface area contributed by atoms with Gasteiger partial charge in [0.2, 0.25) is 0 Å². The number of hydrogen-bond donors (Lipinski definition) is 1. The SMILES string of the molecule is CC(C)CCC1(CN)CCCCCC1. The van der Waals surface area contributed by atoms with E-state index < -0.39 is 0 Å². The molecule has 1 fully saturated rings. The van der Waals surface area contributed by atoms with Gasteiger partial charge in [-0.3, -0.25) is 0 Å². The van der Waals surface area contributed by atoms with Crippen molar-refractivity contribution in [2.45, 2.75) is 65.2 Å². The van der Waals surface area contributed by atoms with Gasteiger partial charge in [-0.25, -0.2) is 0 Å². The zero-order chi connectivity index (χ0) is 10.4. The molecule has 0 bridgehead atoms. The molecule has 0 aliphatic heterocycles. The zero-order valence-electron chi connectivity index (χ0n) is 10.0. The minimum Gasteiger partial charge on any atom is -0.330 e. The summed E-state index contributed by atoms with van der Waals surface area (Å²) in [5.41, 5.74) is 6.51. The Labute approximate surface area is 89.5 Å². The predicted octanol–water partition coefficient (Wildman–Crippen LogP) is 3.72. The fourth-order valence-electron chi connectivity index (χ4n) is 2.63. The van der Waals surface area contributed by atoms with Crippen LogP contribution >= 0.6 is 0 Å². The van der Waals surface area contributed by atoms with Crippen LogP contribution in [0.5, 0.6) is 0 Å². The molecule has 1 heteroatoms. The number of hydrogen-bond acceptors (Lipinski definition) is 1. The van der Waals surface area contributed by atoms with Gasteiger partial charge < -0.3 is 5.73 Å². The summed E-state index contributed by atoms with van der Waals surface area (Å²) in [4.78, 5) is 0. The van der Waals surface area contributed by atoms with E-state index in [2.05, 4.69) is 13.8 Å². The van der Waals surface area contributed by atoms with Crippen LogP contribution in [0.3, 0.4) is 0 Å². The van der Waals surface area contributed by atoms with Crippen molar-refractivity contribution in [2.24, 2.45) is 17.1 Å². The lowest BCUT2D eigenvalue weighted by molar-refractivity contribution is 0.216. The van der Waals surface area contributed by atoms with Crippen LogP contribution < -0.4 is 5.73 Å². The average Bonchev–Trinajstić information content (AvgIpc) is 2.41. The van der Waals surface area contributed by atoms with Crippen molar-refractivity contribution in [1.82, 2.24) is 0 Å². The van der Waals surface area contributed by atoms with Gasteiger partial charge in [0.05, 0.1) is 0 Å². The monoisotopic (exact) mass is 197 g/mol. The van der Waals surface area contributed by atoms with E-state index in [0.29, 0.717) is 5.41 Å². The first-order chi connectivity index (χ1) is 6.68. The van der Waals surface area contributed by atoms with Gasteiger partial charge in [0.25, 0.3) is 0 Å². The summed E-state index contributed by atoms with van der Waals surface area (Å²) in [6.07, 6.45) is 11.2. The summed E-state index contributed by atoms with van der Waals surface area (Å²) in [5, 5.41) is 0. The van der Waals surface area contributed by atoms with E-state index in [9.17, 15) is 0 Å². The highest BCUT2D eigenvalue weighted by Crippen LogP contribution is 2.38. The molecular weight excluding hydrogens is 170 g/mol. The highest BCUT2D eigenvalue weighted by atomic mass is 14.6. The van der Waals surface area contributed by atoms with Gasteiger partial charge in [0.1, 0.15) is 0 Å². The molecule has 0 radical (unpaired) electrons. The van der Waals surface area contributed by atoms with Crippen molar-refractivity contribution < 1.29 is 0 Å². The molecule has 1 saturated carbocycles. The first kappa shape index (κ1) is 12.0. The van der Waals surface area contributed by atoms with Gasteiger partial charge in [-0.15, -0.1) is 0 Å². The molecule has 1 rings (SSSR count). The van der Waals surface area contributed by atoms with Gasteiger partial charge in [-0.1, -0.05) is 46.0 Å². The molecule has 0 heterocycles. The minimum atomic E-state index is 0.515. The lowest BCUT2D eigenvalue weighted by Crippen LogP contribution is -2.30. The molecule has 1 nitrogen and oxygen atoms in total. The molecule has 0 aromatic rings. The molecule has 1 aliphatic rings. The Morgan fingerprint density at radius 1 is 1.07 bits per heavy atom. The molecule has 2 N–H and O–H groups in total. The molecule has 0 aromatic heterocycles. The van der Waals surface area contributed by atoms with Crippen LogP contribution in [0.2, 0.25) is 0 Å². The molecule has 84 valence electrons. The van der Waals surface area contributed by atoms with Gasteiger partial charge >= 0.3 is 0 Å². The van der Waals surface area contributed by atoms with Gasteiger partial charge in [-0.2, -0.15) is 0 Å². The number of nitrogens with two attached hydrogens (primary N) is 1. The van der Waals surface area contributed by atoms with E-state index in [1.807, 2.05) is 0 Å². The summed E-state index contributed by atoms with van der Waals surface area (Å²) in [6.45, 7) is 5.56. The van der Waals surface area contributed by atoms with Crippen LogP contribution in [-0.4, -0.2) is 6.54 Å². The highest BCUT2D eigenvalue weighted by molar-refractivity contribution is 4.82. The Balaban J connectivity index is 2.45. The average molecular weight is 197 g/mol. The standard InChI is InChI=1S/C13H27N/c1-12(2)7-10-13(11-14)8-5-3-4-6-9-13/h12H,3-11,14H2,1-2H3. The van der Waals surface area contributed by atoms with E-state index in [-0.39, 0.29) is 0 Å². The van der Waals surface area contributed by atoms with Crippen molar-refractivity contribution >= 4 is 0 Å². The molecule has 0 spiro atoms. The van der Waals surface area contributed by atoms with E-state index in [4.69, 9.17) is 5.73 Å². The molecule has 1 aliphatic carbocycles. The Morgan fingerprint density at radius 2 is 1.64 bits per heavy atom. The predicted molar refractivity (Wildman–Crippen MR) is 63.3 cm³/mol. The maximum Gasteiger partial charge on any atom is -0.00205 e. The van der Waals surface area contributed by atoms with Crippen molar-refractivity contribution in [2.75, 3.05) is 6.54 Å². The first-order valence-corrected chi connectivity index (χ1v) is 6.39. The number of rotatable bonds is 4. The third-order valence-corrected chi connectivity index (χ3v) is 3.85. The fourth-order valence-corrected chi connectivity index (χ4v) is 2.63. The highest BCUT2D eigenvalue weighted by Gasteiger charge is 2.28. The van der Waals surface area contributed by atoms with E-state index in [1.165, 1.54) is 51.4 Å². The van der Waals surface area contributed by atoms with Crippen LogP contribution in [0.25, 0.3) is 0 Å². The van der Waals surface area contributed by atoms with Crippen LogP contribution in [0.15, 0.2) is 0 Å². The second-order valence-electron chi connectivity index (χ2n) is 5.55. The lowest BCUT2D eigenvalue weighted by atomic mass is 9.75. The van der Waals surface area contributed by atoms with Crippen molar-refractivity contribution in [3.8, 4) is 0 Å². The van der Waals surface area contributed by atoms with Crippen molar-refractivity contribution in [3.05, 3.63) is 0 Å². The summed E-state index contributed by atoms with van der Waals surface area (Å²) < 4.78 is 0. The molecule has 0 aromatic carbocycles. The molecular formula is C13H27N. The third-order valence-electron chi connectivity index (χ3n) is 3.85. The smallest absolute Gasteiger partial charge is 0.00205 e. The molecule has 0 saturated heterocycles. The topological polar surface area (TPSA) is 26.0 Å².